The molecule has 2 aromatic rings. The van der Waals surface area contributed by atoms with Gasteiger partial charge in [0.05, 0.1) is 15.0 Å². The molecule has 0 saturated carbocycles. The van der Waals surface area contributed by atoms with Crippen molar-refractivity contribution in [2.45, 2.75) is 4.83 Å². The zero-order chi connectivity index (χ0) is 15.0. The van der Waals surface area contributed by atoms with Gasteiger partial charge < -0.3 is 10.1 Å². The summed E-state index contributed by atoms with van der Waals surface area (Å²) in [5.41, 5.74) is 2.50. The predicted molar refractivity (Wildman–Crippen MR) is 85.4 cm³/mol. The summed E-state index contributed by atoms with van der Waals surface area (Å²) >= 11 is 6.78. The molecule has 1 aliphatic heterocycles. The van der Waals surface area contributed by atoms with Gasteiger partial charge in [-0.2, -0.15) is 0 Å². The van der Waals surface area contributed by atoms with E-state index in [2.05, 4.69) is 37.2 Å². The van der Waals surface area contributed by atoms with Crippen LogP contribution in [0.4, 0.5) is 10.1 Å². The number of nitrogens with one attached hydrogen (secondary N) is 1. The van der Waals surface area contributed by atoms with Gasteiger partial charge in [-0.3, -0.25) is 4.79 Å². The van der Waals surface area contributed by atoms with Crippen LogP contribution in [0.5, 0.6) is 5.75 Å². The normalized spacial score (nSPS) is 14.9. The average molecular weight is 415 g/mol. The van der Waals surface area contributed by atoms with Crippen molar-refractivity contribution in [1.82, 2.24) is 0 Å². The van der Waals surface area contributed by atoms with Crippen molar-refractivity contribution in [3.8, 4) is 5.75 Å². The Labute approximate surface area is 137 Å². The molecule has 1 unspecified atom stereocenters. The third-order valence-electron chi connectivity index (χ3n) is 3.17. The number of halogens is 3. The summed E-state index contributed by atoms with van der Waals surface area (Å²) in [6.07, 6.45) is 0. The van der Waals surface area contributed by atoms with E-state index in [0.29, 0.717) is 15.9 Å². The second-order valence-electron chi connectivity index (χ2n) is 4.63. The zero-order valence-corrected chi connectivity index (χ0v) is 13.9. The number of ether oxygens (including phenoxy) is 1. The molecule has 108 valence electrons. The molecule has 1 atom stereocenters. The number of anilines is 1. The Morgan fingerprint density at radius 2 is 1.90 bits per heavy atom. The molecular weight excluding hydrogens is 405 g/mol. The highest BCUT2D eigenvalue weighted by atomic mass is 79.9. The van der Waals surface area contributed by atoms with E-state index in [9.17, 15) is 9.18 Å². The van der Waals surface area contributed by atoms with Crippen LogP contribution in [-0.2, 0) is 4.79 Å². The quantitative estimate of drug-likeness (QED) is 0.739. The first-order valence-electron chi connectivity index (χ1n) is 6.20. The van der Waals surface area contributed by atoms with E-state index < -0.39 is 0 Å². The van der Waals surface area contributed by atoms with Gasteiger partial charge in [0, 0.05) is 0 Å². The van der Waals surface area contributed by atoms with Gasteiger partial charge in [-0.15, -0.1) is 0 Å². The lowest BCUT2D eigenvalue weighted by Crippen LogP contribution is -2.25. The van der Waals surface area contributed by atoms with Crippen LogP contribution >= 0.6 is 31.9 Å². The van der Waals surface area contributed by atoms with Gasteiger partial charge in [0.25, 0.3) is 5.91 Å². The van der Waals surface area contributed by atoms with E-state index in [1.807, 2.05) is 18.2 Å². The van der Waals surface area contributed by atoms with E-state index in [1.54, 1.807) is 12.1 Å². The van der Waals surface area contributed by atoms with Gasteiger partial charge in [0.15, 0.2) is 6.61 Å². The molecule has 0 bridgehead atoms. The Balaban J connectivity index is 1.94. The summed E-state index contributed by atoms with van der Waals surface area (Å²) < 4.78 is 19.0. The fourth-order valence-electron chi connectivity index (χ4n) is 2.12. The van der Waals surface area contributed by atoms with Crippen LogP contribution in [0, 0.1) is 5.82 Å². The Bertz CT molecular complexity index is 721. The monoisotopic (exact) mass is 413 g/mol. The maximum absolute atomic E-state index is 13.3. The highest BCUT2D eigenvalue weighted by Gasteiger charge is 2.19. The van der Waals surface area contributed by atoms with Crippen LogP contribution < -0.4 is 10.1 Å². The first-order valence-corrected chi connectivity index (χ1v) is 7.91. The summed E-state index contributed by atoms with van der Waals surface area (Å²) in [6, 6.07) is 10.4. The Morgan fingerprint density at radius 3 is 2.67 bits per heavy atom. The van der Waals surface area contributed by atoms with Gasteiger partial charge in [0.2, 0.25) is 0 Å². The molecule has 0 aromatic heterocycles. The molecule has 1 heterocycles. The molecule has 0 saturated heterocycles. The number of rotatable bonds is 2. The molecular formula is C15H10Br2FNO2. The number of carbonyl (C=O) groups is 1. The minimum absolute atomic E-state index is 0.0367. The van der Waals surface area contributed by atoms with E-state index in [1.165, 1.54) is 6.07 Å². The summed E-state index contributed by atoms with van der Waals surface area (Å²) in [5.74, 6) is 0.179. The summed E-state index contributed by atoms with van der Waals surface area (Å²) in [6.45, 7) is 0.0367. The molecule has 3 nitrogen and oxygen atoms in total. The minimum atomic E-state index is -0.301. The maximum atomic E-state index is 13.3. The number of benzene rings is 2. The van der Waals surface area contributed by atoms with Crippen LogP contribution in [-0.4, -0.2) is 12.5 Å². The third kappa shape index (κ3) is 2.96. The fourth-order valence-corrected chi connectivity index (χ4v) is 3.09. The zero-order valence-electron chi connectivity index (χ0n) is 10.7. The highest BCUT2D eigenvalue weighted by Crippen LogP contribution is 2.37. The topological polar surface area (TPSA) is 38.3 Å². The summed E-state index contributed by atoms with van der Waals surface area (Å²) in [4.78, 5) is 11.3. The van der Waals surface area contributed by atoms with Crippen molar-refractivity contribution in [2.75, 3.05) is 11.9 Å². The largest absolute Gasteiger partial charge is 0.482 e. The van der Waals surface area contributed by atoms with Gasteiger partial charge >= 0.3 is 0 Å². The molecule has 0 radical (unpaired) electrons. The van der Waals surface area contributed by atoms with Gasteiger partial charge in [0.1, 0.15) is 11.6 Å². The van der Waals surface area contributed by atoms with Crippen LogP contribution in [0.2, 0.25) is 0 Å². The van der Waals surface area contributed by atoms with E-state index in [-0.39, 0.29) is 23.2 Å². The van der Waals surface area contributed by atoms with Crippen molar-refractivity contribution >= 4 is 43.5 Å². The first-order chi connectivity index (χ1) is 10.0. The average Bonchev–Trinajstić information content (AvgIpc) is 2.48. The summed E-state index contributed by atoms with van der Waals surface area (Å²) in [7, 11) is 0. The van der Waals surface area contributed by atoms with Crippen LogP contribution in [0.1, 0.15) is 16.0 Å². The number of fused-ring (bicyclic) bond motifs is 1. The SMILES string of the molecule is O=C1COc2ccc(C(Br)c3ccc(F)c(Br)c3)cc2N1. The van der Waals surface area contributed by atoms with Crippen molar-refractivity contribution in [1.29, 1.82) is 0 Å². The number of carbonyl (C=O) groups excluding carboxylic acids is 1. The van der Waals surface area contributed by atoms with E-state index in [4.69, 9.17) is 4.74 Å². The van der Waals surface area contributed by atoms with Gasteiger partial charge in [-0.25, -0.2) is 4.39 Å². The van der Waals surface area contributed by atoms with Gasteiger partial charge in [-0.05, 0) is 51.3 Å². The molecule has 6 heteroatoms. The number of hydrogen-bond acceptors (Lipinski definition) is 2. The second kappa shape index (κ2) is 5.77. The van der Waals surface area contributed by atoms with Gasteiger partial charge in [-0.1, -0.05) is 28.1 Å². The van der Waals surface area contributed by atoms with Crippen LogP contribution in [0.25, 0.3) is 0 Å². The molecule has 1 amide bonds. The predicted octanol–water partition coefficient (Wildman–Crippen LogP) is 4.40. The molecule has 21 heavy (non-hydrogen) atoms. The Kier molecular flexibility index (Phi) is 3.99. The molecule has 0 fully saturated rings. The lowest BCUT2D eigenvalue weighted by atomic mass is 10.0. The molecule has 1 N–H and O–H groups in total. The maximum Gasteiger partial charge on any atom is 0.262 e. The lowest BCUT2D eigenvalue weighted by Gasteiger charge is -2.20. The van der Waals surface area contributed by atoms with Crippen molar-refractivity contribution in [2.24, 2.45) is 0 Å². The molecule has 2 aromatic carbocycles. The minimum Gasteiger partial charge on any atom is -0.482 e. The molecule has 0 spiro atoms. The number of alkyl halides is 1. The van der Waals surface area contributed by atoms with E-state index in [0.717, 1.165) is 11.1 Å². The lowest BCUT2D eigenvalue weighted by molar-refractivity contribution is -0.118. The smallest absolute Gasteiger partial charge is 0.262 e. The highest BCUT2D eigenvalue weighted by molar-refractivity contribution is 9.10. The number of amides is 1. The Hall–Kier alpha value is -1.40. The fraction of sp³-hybridized carbons (Fsp3) is 0.133. The standard InChI is InChI=1S/C15H10Br2FNO2/c16-10-5-8(1-3-11(10)18)15(17)9-2-4-13-12(6-9)19-14(20)7-21-13/h1-6,15H,7H2,(H,19,20). The van der Waals surface area contributed by atoms with Crippen molar-refractivity contribution in [3.63, 3.8) is 0 Å². The van der Waals surface area contributed by atoms with Crippen LogP contribution in [0.15, 0.2) is 40.9 Å². The van der Waals surface area contributed by atoms with Crippen LogP contribution in [0.3, 0.4) is 0 Å². The van der Waals surface area contributed by atoms with E-state index >= 15 is 0 Å². The second-order valence-corrected chi connectivity index (χ2v) is 6.40. The Morgan fingerprint density at radius 1 is 1.19 bits per heavy atom. The molecule has 1 aliphatic rings. The molecule has 0 aliphatic carbocycles. The number of hydrogen-bond donors (Lipinski definition) is 1. The van der Waals surface area contributed by atoms with Crippen molar-refractivity contribution in [3.05, 3.63) is 57.8 Å². The third-order valence-corrected chi connectivity index (χ3v) is 4.83. The van der Waals surface area contributed by atoms with Crippen molar-refractivity contribution < 1.29 is 13.9 Å². The first kappa shape index (κ1) is 14.5. The summed E-state index contributed by atoms with van der Waals surface area (Å²) in [5, 5.41) is 2.77. The molecule has 3 rings (SSSR count).